The minimum atomic E-state index is -0.309. The molecule has 0 heterocycles. The first-order valence-corrected chi connectivity index (χ1v) is 6.24. The molecule has 3 nitrogen and oxygen atoms in total. The summed E-state index contributed by atoms with van der Waals surface area (Å²) in [5.41, 5.74) is 6.66. The molecule has 2 N–H and O–H groups in total. The number of benzene rings is 1. The maximum Gasteiger partial charge on any atom is 0.340 e. The fourth-order valence-corrected chi connectivity index (χ4v) is 2.23. The van der Waals surface area contributed by atoms with Gasteiger partial charge in [-0.15, -0.1) is 0 Å². The van der Waals surface area contributed by atoms with Crippen LogP contribution in [-0.2, 0) is 4.74 Å². The molecule has 0 radical (unpaired) electrons. The number of ether oxygens (including phenoxy) is 1. The summed E-state index contributed by atoms with van der Waals surface area (Å²) >= 11 is 0. The van der Waals surface area contributed by atoms with Gasteiger partial charge in [0.2, 0.25) is 0 Å². The first kappa shape index (κ1) is 12.0. The van der Waals surface area contributed by atoms with Gasteiger partial charge in [-0.3, -0.25) is 0 Å². The number of rotatable bonds is 5. The zero-order chi connectivity index (χ0) is 12.3. The largest absolute Gasteiger partial charge is 0.462 e. The molecule has 2 atom stereocenters. The number of carbonyl (C=O) groups is 1. The van der Waals surface area contributed by atoms with Crippen molar-refractivity contribution in [3.63, 3.8) is 0 Å². The Hall–Kier alpha value is -1.51. The highest BCUT2D eigenvalue weighted by molar-refractivity contribution is 5.94. The number of hydrogen-bond donors (Lipinski definition) is 1. The fourth-order valence-electron chi connectivity index (χ4n) is 2.23. The Morgan fingerprint density at radius 1 is 1.41 bits per heavy atom. The molecule has 2 unspecified atom stereocenters. The van der Waals surface area contributed by atoms with Crippen LogP contribution in [0.4, 0.5) is 5.69 Å². The molecule has 17 heavy (non-hydrogen) atoms. The van der Waals surface area contributed by atoms with E-state index in [0.717, 1.165) is 18.3 Å². The predicted octanol–water partition coefficient (Wildman–Crippen LogP) is 2.86. The lowest BCUT2D eigenvalue weighted by Crippen LogP contribution is -2.09. The molecule has 1 aromatic carbocycles. The summed E-state index contributed by atoms with van der Waals surface area (Å²) in [6.07, 6.45) is 3.52. The van der Waals surface area contributed by atoms with Crippen LogP contribution < -0.4 is 5.73 Å². The minimum Gasteiger partial charge on any atom is -0.462 e. The van der Waals surface area contributed by atoms with Crippen LogP contribution in [0.25, 0.3) is 0 Å². The van der Waals surface area contributed by atoms with E-state index in [1.165, 1.54) is 12.8 Å². The maximum absolute atomic E-state index is 11.7. The maximum atomic E-state index is 11.7. The second-order valence-electron chi connectivity index (χ2n) is 4.68. The molecule has 1 fully saturated rings. The van der Waals surface area contributed by atoms with Crippen LogP contribution in [0.3, 0.4) is 0 Å². The van der Waals surface area contributed by atoms with E-state index in [0.29, 0.717) is 17.9 Å². The summed E-state index contributed by atoms with van der Waals surface area (Å²) < 4.78 is 5.23. The number of anilines is 1. The van der Waals surface area contributed by atoms with E-state index in [1.807, 2.05) is 6.07 Å². The molecule has 1 saturated carbocycles. The first-order chi connectivity index (χ1) is 8.22. The summed E-state index contributed by atoms with van der Waals surface area (Å²) in [6, 6.07) is 7.01. The number of nitrogens with two attached hydrogens (primary N) is 1. The molecule has 1 aliphatic rings. The lowest BCUT2D eigenvalue weighted by atomic mass is 10.2. The van der Waals surface area contributed by atoms with Gasteiger partial charge in [-0.1, -0.05) is 25.5 Å². The molecule has 0 aromatic heterocycles. The summed E-state index contributed by atoms with van der Waals surface area (Å²) in [6.45, 7) is 2.72. The Balaban J connectivity index is 1.76. The Morgan fingerprint density at radius 3 is 2.82 bits per heavy atom. The molecule has 2 rings (SSSR count). The molecular weight excluding hydrogens is 214 g/mol. The third kappa shape index (κ3) is 2.99. The van der Waals surface area contributed by atoms with Crippen molar-refractivity contribution in [2.24, 2.45) is 11.8 Å². The lowest BCUT2D eigenvalue weighted by Gasteiger charge is -2.06. The molecular formula is C14H19NO2. The lowest BCUT2D eigenvalue weighted by molar-refractivity contribution is 0.0494. The van der Waals surface area contributed by atoms with Crippen LogP contribution in [0.5, 0.6) is 0 Å². The summed E-state index contributed by atoms with van der Waals surface area (Å²) in [4.78, 5) is 11.7. The van der Waals surface area contributed by atoms with Gasteiger partial charge in [0.15, 0.2) is 0 Å². The van der Waals surface area contributed by atoms with Gasteiger partial charge in [0, 0.05) is 5.69 Å². The van der Waals surface area contributed by atoms with Gasteiger partial charge in [-0.25, -0.2) is 4.79 Å². The Morgan fingerprint density at radius 2 is 2.18 bits per heavy atom. The van der Waals surface area contributed by atoms with Crippen molar-refractivity contribution in [2.45, 2.75) is 26.2 Å². The molecule has 0 spiro atoms. The van der Waals surface area contributed by atoms with E-state index < -0.39 is 0 Å². The van der Waals surface area contributed by atoms with Crippen LogP contribution in [0.2, 0.25) is 0 Å². The summed E-state index contributed by atoms with van der Waals surface area (Å²) in [5, 5.41) is 0. The second-order valence-corrected chi connectivity index (χ2v) is 4.68. The second kappa shape index (κ2) is 5.21. The van der Waals surface area contributed by atoms with E-state index in [9.17, 15) is 4.79 Å². The fraction of sp³-hybridized carbons (Fsp3) is 0.500. The Kier molecular flexibility index (Phi) is 3.67. The van der Waals surface area contributed by atoms with Gasteiger partial charge < -0.3 is 10.5 Å². The van der Waals surface area contributed by atoms with Gasteiger partial charge in [0.05, 0.1) is 12.2 Å². The SMILES string of the molecule is CCC1CC1CCOC(=O)c1ccccc1N. The van der Waals surface area contributed by atoms with E-state index in [2.05, 4.69) is 6.92 Å². The number of carbonyl (C=O) groups excluding carboxylic acids is 1. The Bertz CT molecular complexity index is 403. The topological polar surface area (TPSA) is 52.3 Å². The zero-order valence-corrected chi connectivity index (χ0v) is 10.2. The third-order valence-electron chi connectivity index (χ3n) is 3.50. The molecule has 3 heteroatoms. The van der Waals surface area contributed by atoms with Crippen molar-refractivity contribution in [3.05, 3.63) is 29.8 Å². The standard InChI is InChI=1S/C14H19NO2/c1-2-10-9-11(10)7-8-17-14(16)12-5-3-4-6-13(12)15/h3-6,10-11H,2,7-9,15H2,1H3. The zero-order valence-electron chi connectivity index (χ0n) is 10.2. The van der Waals surface area contributed by atoms with Crippen molar-refractivity contribution >= 4 is 11.7 Å². The van der Waals surface area contributed by atoms with Gasteiger partial charge in [-0.05, 0) is 36.8 Å². The van der Waals surface area contributed by atoms with Crippen LogP contribution >= 0.6 is 0 Å². The van der Waals surface area contributed by atoms with Gasteiger partial charge in [0.25, 0.3) is 0 Å². The van der Waals surface area contributed by atoms with E-state index in [-0.39, 0.29) is 5.97 Å². The first-order valence-electron chi connectivity index (χ1n) is 6.24. The highest BCUT2D eigenvalue weighted by Gasteiger charge is 2.34. The third-order valence-corrected chi connectivity index (χ3v) is 3.50. The summed E-state index contributed by atoms with van der Waals surface area (Å²) in [5.74, 6) is 1.31. The molecule has 92 valence electrons. The van der Waals surface area contributed by atoms with Crippen molar-refractivity contribution in [1.29, 1.82) is 0 Å². The van der Waals surface area contributed by atoms with Gasteiger partial charge >= 0.3 is 5.97 Å². The van der Waals surface area contributed by atoms with Gasteiger partial charge in [0.1, 0.15) is 0 Å². The van der Waals surface area contributed by atoms with E-state index in [1.54, 1.807) is 18.2 Å². The molecule has 0 bridgehead atoms. The highest BCUT2D eigenvalue weighted by atomic mass is 16.5. The molecule has 1 aromatic rings. The number of hydrogen-bond acceptors (Lipinski definition) is 3. The van der Waals surface area contributed by atoms with Crippen molar-refractivity contribution < 1.29 is 9.53 Å². The number of para-hydroxylation sites is 1. The van der Waals surface area contributed by atoms with Crippen molar-refractivity contribution in [3.8, 4) is 0 Å². The number of nitrogen functional groups attached to an aromatic ring is 1. The normalized spacial score (nSPS) is 22.2. The van der Waals surface area contributed by atoms with E-state index >= 15 is 0 Å². The quantitative estimate of drug-likeness (QED) is 0.628. The van der Waals surface area contributed by atoms with Crippen LogP contribution in [0, 0.1) is 11.8 Å². The van der Waals surface area contributed by atoms with Crippen LogP contribution in [-0.4, -0.2) is 12.6 Å². The highest BCUT2D eigenvalue weighted by Crippen LogP contribution is 2.43. The Labute approximate surface area is 102 Å². The van der Waals surface area contributed by atoms with E-state index in [4.69, 9.17) is 10.5 Å². The monoisotopic (exact) mass is 233 g/mol. The molecule has 0 saturated heterocycles. The van der Waals surface area contributed by atoms with Crippen molar-refractivity contribution in [1.82, 2.24) is 0 Å². The minimum absolute atomic E-state index is 0.309. The molecule has 1 aliphatic carbocycles. The number of esters is 1. The van der Waals surface area contributed by atoms with Crippen LogP contribution in [0.15, 0.2) is 24.3 Å². The van der Waals surface area contributed by atoms with Gasteiger partial charge in [-0.2, -0.15) is 0 Å². The molecule has 0 amide bonds. The summed E-state index contributed by atoms with van der Waals surface area (Å²) in [7, 11) is 0. The smallest absolute Gasteiger partial charge is 0.340 e. The predicted molar refractivity (Wildman–Crippen MR) is 67.6 cm³/mol. The average Bonchev–Trinajstić information content (AvgIpc) is 3.08. The van der Waals surface area contributed by atoms with Crippen LogP contribution in [0.1, 0.15) is 36.5 Å². The molecule has 0 aliphatic heterocycles. The average molecular weight is 233 g/mol. The van der Waals surface area contributed by atoms with Crippen molar-refractivity contribution in [2.75, 3.05) is 12.3 Å².